The summed E-state index contributed by atoms with van der Waals surface area (Å²) in [4.78, 5) is 9.48. The number of rotatable bonds is 4. The Morgan fingerprint density at radius 1 is 1.18 bits per heavy atom. The minimum Gasteiger partial charge on any atom is -0.390 e. The number of benzene rings is 1. The van der Waals surface area contributed by atoms with Gasteiger partial charge in [0.15, 0.2) is 0 Å². The predicted molar refractivity (Wildman–Crippen MR) is 69.0 cm³/mol. The highest BCUT2D eigenvalue weighted by molar-refractivity contribution is 7.98. The van der Waals surface area contributed by atoms with E-state index in [2.05, 4.69) is 9.97 Å². The molecule has 0 amide bonds. The normalized spacial score (nSPS) is 10.5. The van der Waals surface area contributed by atoms with Crippen LogP contribution in [-0.4, -0.2) is 15.1 Å². The summed E-state index contributed by atoms with van der Waals surface area (Å²) < 4.78 is 0. The van der Waals surface area contributed by atoms with Crippen LogP contribution in [0.2, 0.25) is 5.02 Å². The molecular formula is C12H11ClN2OS. The first-order valence-corrected chi connectivity index (χ1v) is 6.44. The fourth-order valence-electron chi connectivity index (χ4n) is 1.28. The van der Waals surface area contributed by atoms with E-state index in [1.807, 2.05) is 24.3 Å². The molecule has 0 unspecified atom stereocenters. The van der Waals surface area contributed by atoms with Gasteiger partial charge in [-0.3, -0.25) is 0 Å². The van der Waals surface area contributed by atoms with E-state index in [0.717, 1.165) is 15.7 Å². The van der Waals surface area contributed by atoms with Crippen molar-refractivity contribution in [3.63, 3.8) is 0 Å². The summed E-state index contributed by atoms with van der Waals surface area (Å²) in [5, 5.41) is 9.70. The molecule has 0 aliphatic heterocycles. The van der Waals surface area contributed by atoms with E-state index in [0.29, 0.717) is 11.4 Å². The van der Waals surface area contributed by atoms with Crippen molar-refractivity contribution >= 4 is 23.4 Å². The molecule has 1 N–H and O–H groups in total. The van der Waals surface area contributed by atoms with Crippen LogP contribution in [-0.2, 0) is 12.4 Å². The summed E-state index contributed by atoms with van der Waals surface area (Å²) in [6.45, 7) is -0.0544. The van der Waals surface area contributed by atoms with Crippen LogP contribution < -0.4 is 0 Å². The van der Waals surface area contributed by atoms with Crippen LogP contribution in [0, 0.1) is 0 Å². The first-order valence-electron chi connectivity index (χ1n) is 5.08. The van der Waals surface area contributed by atoms with Crippen molar-refractivity contribution in [1.82, 2.24) is 9.97 Å². The van der Waals surface area contributed by atoms with Crippen LogP contribution in [0.1, 0.15) is 11.5 Å². The molecule has 1 aromatic heterocycles. The maximum Gasteiger partial charge on any atom is 0.138 e. The van der Waals surface area contributed by atoms with Gasteiger partial charge in [-0.15, -0.1) is 11.8 Å². The topological polar surface area (TPSA) is 46.0 Å². The molecule has 0 saturated carbocycles. The molecule has 1 aromatic carbocycles. The second-order valence-corrected chi connectivity index (χ2v) is 4.85. The lowest BCUT2D eigenvalue weighted by Crippen LogP contribution is -1.96. The lowest BCUT2D eigenvalue weighted by molar-refractivity contribution is 0.276. The lowest BCUT2D eigenvalue weighted by atomic mass is 10.4. The molecular weight excluding hydrogens is 256 g/mol. The summed E-state index contributed by atoms with van der Waals surface area (Å²) in [6.07, 6.45) is 1.66. The molecule has 3 nitrogen and oxygen atoms in total. The average Bonchev–Trinajstić information content (AvgIpc) is 2.38. The molecule has 0 spiro atoms. The fourth-order valence-corrected chi connectivity index (χ4v) is 2.17. The third kappa shape index (κ3) is 3.70. The zero-order chi connectivity index (χ0) is 12.1. The quantitative estimate of drug-likeness (QED) is 0.865. The summed E-state index contributed by atoms with van der Waals surface area (Å²) in [5.41, 5.74) is 0.645. The number of hydrogen-bond donors (Lipinski definition) is 1. The van der Waals surface area contributed by atoms with Crippen molar-refractivity contribution < 1.29 is 5.11 Å². The number of halogens is 1. The number of nitrogens with zero attached hydrogens (tertiary/aromatic N) is 2. The molecule has 5 heteroatoms. The molecule has 88 valence electrons. The molecule has 2 rings (SSSR count). The van der Waals surface area contributed by atoms with Gasteiger partial charge in [0.05, 0.1) is 18.1 Å². The zero-order valence-corrected chi connectivity index (χ0v) is 10.6. The molecule has 17 heavy (non-hydrogen) atoms. The van der Waals surface area contributed by atoms with Gasteiger partial charge in [0.2, 0.25) is 0 Å². The highest BCUT2D eigenvalue weighted by Gasteiger charge is 2.00. The molecule has 0 radical (unpaired) electrons. The van der Waals surface area contributed by atoms with Gasteiger partial charge in [0, 0.05) is 16.1 Å². The van der Waals surface area contributed by atoms with Crippen LogP contribution in [0.4, 0.5) is 0 Å². The Balaban J connectivity index is 1.99. The van der Waals surface area contributed by atoms with Gasteiger partial charge >= 0.3 is 0 Å². The Bertz CT molecular complexity index is 490. The Labute approximate surface area is 109 Å². The van der Waals surface area contributed by atoms with Crippen molar-refractivity contribution in [1.29, 1.82) is 0 Å². The second kappa shape index (κ2) is 6.00. The van der Waals surface area contributed by atoms with Crippen LogP contribution in [0.25, 0.3) is 0 Å². The van der Waals surface area contributed by atoms with Crippen LogP contribution in [0.15, 0.2) is 41.4 Å². The third-order valence-corrected chi connectivity index (χ3v) is 3.37. The van der Waals surface area contributed by atoms with E-state index in [9.17, 15) is 0 Å². The molecule has 0 aliphatic carbocycles. The summed E-state index contributed by atoms with van der Waals surface area (Å²) in [7, 11) is 0. The van der Waals surface area contributed by atoms with Crippen LogP contribution in [0.5, 0.6) is 0 Å². The van der Waals surface area contributed by atoms with E-state index >= 15 is 0 Å². The van der Waals surface area contributed by atoms with Crippen LogP contribution >= 0.6 is 23.4 Å². The van der Waals surface area contributed by atoms with E-state index in [1.54, 1.807) is 24.0 Å². The number of aliphatic hydroxyl groups excluding tert-OH is 1. The Morgan fingerprint density at radius 2 is 1.94 bits per heavy atom. The lowest BCUT2D eigenvalue weighted by Gasteiger charge is -2.02. The molecule has 0 atom stereocenters. The summed E-state index contributed by atoms with van der Waals surface area (Å²) in [5.74, 6) is 1.40. The standard InChI is InChI=1S/C12H11ClN2OS/c13-9-1-3-11(4-2-9)17-8-12-14-6-5-10(7-16)15-12/h1-6,16H,7-8H2. The van der Waals surface area contributed by atoms with Gasteiger partial charge in [-0.1, -0.05) is 11.6 Å². The van der Waals surface area contributed by atoms with Gasteiger partial charge in [0.1, 0.15) is 5.82 Å². The van der Waals surface area contributed by atoms with Crippen molar-refractivity contribution in [2.75, 3.05) is 0 Å². The average molecular weight is 267 g/mol. The Hall–Kier alpha value is -1.10. The molecule has 2 aromatic rings. The fraction of sp³-hybridized carbons (Fsp3) is 0.167. The third-order valence-electron chi connectivity index (χ3n) is 2.11. The van der Waals surface area contributed by atoms with Gasteiger partial charge in [-0.25, -0.2) is 9.97 Å². The SMILES string of the molecule is OCc1ccnc(CSc2ccc(Cl)cc2)n1. The number of aliphatic hydroxyl groups is 1. The monoisotopic (exact) mass is 266 g/mol. The van der Waals surface area contributed by atoms with E-state index in [-0.39, 0.29) is 6.61 Å². The van der Waals surface area contributed by atoms with Crippen molar-refractivity contribution in [2.45, 2.75) is 17.3 Å². The zero-order valence-electron chi connectivity index (χ0n) is 9.01. The first-order chi connectivity index (χ1) is 8.28. The second-order valence-electron chi connectivity index (χ2n) is 3.36. The molecule has 0 fully saturated rings. The van der Waals surface area contributed by atoms with Gasteiger partial charge in [-0.2, -0.15) is 0 Å². The number of hydrogen-bond acceptors (Lipinski definition) is 4. The van der Waals surface area contributed by atoms with Gasteiger partial charge in [0.25, 0.3) is 0 Å². The molecule has 0 bridgehead atoms. The smallest absolute Gasteiger partial charge is 0.138 e. The van der Waals surface area contributed by atoms with Crippen molar-refractivity contribution in [2.24, 2.45) is 0 Å². The minimum absolute atomic E-state index is 0.0544. The number of thioether (sulfide) groups is 1. The highest BCUT2D eigenvalue weighted by Crippen LogP contribution is 2.22. The largest absolute Gasteiger partial charge is 0.390 e. The molecule has 0 saturated heterocycles. The first kappa shape index (κ1) is 12.4. The number of aromatic nitrogens is 2. The van der Waals surface area contributed by atoms with E-state index < -0.39 is 0 Å². The Morgan fingerprint density at radius 3 is 2.65 bits per heavy atom. The minimum atomic E-state index is -0.0544. The maximum atomic E-state index is 8.97. The summed E-state index contributed by atoms with van der Waals surface area (Å²) >= 11 is 7.44. The van der Waals surface area contributed by atoms with Gasteiger partial charge < -0.3 is 5.11 Å². The van der Waals surface area contributed by atoms with E-state index in [1.165, 1.54) is 0 Å². The maximum absolute atomic E-state index is 8.97. The summed E-state index contributed by atoms with van der Waals surface area (Å²) in [6, 6.07) is 9.34. The van der Waals surface area contributed by atoms with E-state index in [4.69, 9.17) is 16.7 Å². The molecule has 1 heterocycles. The predicted octanol–water partition coefficient (Wildman–Crippen LogP) is 2.91. The van der Waals surface area contributed by atoms with Crippen molar-refractivity contribution in [3.8, 4) is 0 Å². The highest BCUT2D eigenvalue weighted by atomic mass is 35.5. The van der Waals surface area contributed by atoms with Crippen molar-refractivity contribution in [3.05, 3.63) is 53.1 Å². The molecule has 0 aliphatic rings. The van der Waals surface area contributed by atoms with Crippen LogP contribution in [0.3, 0.4) is 0 Å². The Kier molecular flexibility index (Phi) is 4.36. The van der Waals surface area contributed by atoms with Gasteiger partial charge in [-0.05, 0) is 30.3 Å².